The first-order valence-corrected chi connectivity index (χ1v) is 11.0. The van der Waals surface area contributed by atoms with Crippen molar-refractivity contribution in [2.24, 2.45) is 30.2 Å². The van der Waals surface area contributed by atoms with E-state index in [0.29, 0.717) is 5.41 Å². The maximum atomic E-state index is 2.59. The van der Waals surface area contributed by atoms with Crippen molar-refractivity contribution in [3.8, 4) is 0 Å². The molecule has 0 radical (unpaired) electrons. The maximum Gasteiger partial charge on any atom is 0.213 e. The van der Waals surface area contributed by atoms with Crippen LogP contribution < -0.4 is 4.57 Å². The van der Waals surface area contributed by atoms with Crippen LogP contribution in [0.4, 0.5) is 0 Å². The van der Waals surface area contributed by atoms with Crippen molar-refractivity contribution in [3.05, 3.63) is 95.8 Å². The lowest BCUT2D eigenvalue weighted by Gasteiger charge is -2.28. The summed E-state index contributed by atoms with van der Waals surface area (Å²) in [6.45, 7) is 2.34. The normalized spacial score (nSPS) is 37.7. The molecule has 7 rings (SSSR count). The highest BCUT2D eigenvalue weighted by molar-refractivity contribution is 5.93. The highest BCUT2D eigenvalue weighted by Crippen LogP contribution is 2.87. The van der Waals surface area contributed by atoms with E-state index in [9.17, 15) is 0 Å². The zero-order valence-corrected chi connectivity index (χ0v) is 17.1. The smallest absolute Gasteiger partial charge is 0.197 e. The van der Waals surface area contributed by atoms with Gasteiger partial charge in [-0.1, -0.05) is 66.3 Å². The van der Waals surface area contributed by atoms with Gasteiger partial charge in [-0.05, 0) is 54.7 Å². The first kappa shape index (κ1) is 16.2. The van der Waals surface area contributed by atoms with E-state index < -0.39 is 0 Å². The Bertz CT molecular complexity index is 1250. The van der Waals surface area contributed by atoms with E-state index in [1.807, 2.05) is 0 Å². The molecule has 5 aliphatic carbocycles. The van der Waals surface area contributed by atoms with Crippen LogP contribution in [-0.4, -0.2) is 0 Å². The van der Waals surface area contributed by atoms with Crippen LogP contribution in [0.2, 0.25) is 0 Å². The van der Waals surface area contributed by atoms with Crippen LogP contribution in [0.25, 0.3) is 16.5 Å². The van der Waals surface area contributed by atoms with Crippen LogP contribution in [0, 0.1) is 23.2 Å². The lowest BCUT2D eigenvalue weighted by Crippen LogP contribution is -2.43. The molecule has 0 amide bonds. The summed E-state index contributed by atoms with van der Waals surface area (Å²) in [5, 5.41) is 1.34. The third-order valence-corrected chi connectivity index (χ3v) is 8.51. The minimum Gasteiger partial charge on any atom is -0.197 e. The molecule has 5 aliphatic rings. The summed E-state index contributed by atoms with van der Waals surface area (Å²) in [7, 11) is 2.24. The predicted octanol–water partition coefficient (Wildman–Crippen LogP) is 5.58. The van der Waals surface area contributed by atoms with Gasteiger partial charge in [0, 0.05) is 17.5 Å². The Morgan fingerprint density at radius 3 is 2.79 bits per heavy atom. The van der Waals surface area contributed by atoms with Gasteiger partial charge in [0.1, 0.15) is 12.5 Å². The standard InChI is InChI=1S/C28H26N/c1-18-17-23-26-22-13-14-27(18,15-16-28(22,23)26)25-12-11-21-20(19-7-4-3-5-8-19)9-6-10-24(21)29(25)2/h4,6-17,22-23,26H,3,5H2,1-2H3/q+1. The Balaban J connectivity index is 1.44. The van der Waals surface area contributed by atoms with Gasteiger partial charge in [0.05, 0.1) is 5.39 Å². The van der Waals surface area contributed by atoms with Crippen LogP contribution in [-0.2, 0) is 12.5 Å². The fourth-order valence-corrected chi connectivity index (χ4v) is 6.70. The highest BCUT2D eigenvalue weighted by Gasteiger charge is 2.84. The molecule has 142 valence electrons. The summed E-state index contributed by atoms with van der Waals surface area (Å²) in [6.07, 6.45) is 21.9. The molecule has 0 aliphatic heterocycles. The monoisotopic (exact) mass is 376 g/mol. The van der Waals surface area contributed by atoms with Gasteiger partial charge in [-0.25, -0.2) is 0 Å². The quantitative estimate of drug-likeness (QED) is 0.476. The Morgan fingerprint density at radius 2 is 1.93 bits per heavy atom. The number of hydrogen-bond donors (Lipinski definition) is 0. The number of aryl methyl sites for hydroxylation is 1. The van der Waals surface area contributed by atoms with Crippen molar-refractivity contribution < 1.29 is 4.57 Å². The van der Waals surface area contributed by atoms with Crippen molar-refractivity contribution >= 4 is 16.5 Å². The van der Waals surface area contributed by atoms with E-state index in [0.717, 1.165) is 30.6 Å². The molecule has 1 spiro atoms. The lowest BCUT2D eigenvalue weighted by atomic mass is 9.75. The van der Waals surface area contributed by atoms with Crippen LogP contribution in [0.3, 0.4) is 0 Å². The maximum absolute atomic E-state index is 2.59. The zero-order chi connectivity index (χ0) is 19.4. The summed E-state index contributed by atoms with van der Waals surface area (Å²) in [6, 6.07) is 11.5. The summed E-state index contributed by atoms with van der Waals surface area (Å²) < 4.78 is 2.43. The van der Waals surface area contributed by atoms with Gasteiger partial charge in [0.15, 0.2) is 5.69 Å². The van der Waals surface area contributed by atoms with Gasteiger partial charge >= 0.3 is 0 Å². The number of rotatable bonds is 2. The molecule has 0 N–H and O–H groups in total. The van der Waals surface area contributed by atoms with E-state index in [-0.39, 0.29) is 5.41 Å². The number of allylic oxidation sites excluding steroid dienone is 10. The largest absolute Gasteiger partial charge is 0.213 e. The Hall–Kier alpha value is -2.67. The molecule has 2 saturated carbocycles. The van der Waals surface area contributed by atoms with Crippen LogP contribution in [0.15, 0.2) is 84.5 Å². The molecular formula is C28H26N+. The number of hydrogen-bond acceptors (Lipinski definition) is 0. The number of benzene rings is 1. The number of aromatic nitrogens is 1. The Kier molecular flexibility index (Phi) is 2.83. The topological polar surface area (TPSA) is 3.88 Å². The molecular weight excluding hydrogens is 350 g/mol. The molecule has 1 aromatic carbocycles. The predicted molar refractivity (Wildman–Crippen MR) is 118 cm³/mol. The van der Waals surface area contributed by atoms with Crippen molar-refractivity contribution in [1.29, 1.82) is 0 Å². The molecule has 5 unspecified atom stereocenters. The molecule has 29 heavy (non-hydrogen) atoms. The SMILES string of the molecule is CC1=CC2C3C4C=CC1(c1ccc5c(C6=CCCC=C6)cccc5[n+]1C)C=CC423. The van der Waals surface area contributed by atoms with Crippen LogP contribution in [0.5, 0.6) is 0 Å². The number of fused-ring (bicyclic) bond motifs is 4. The second-order valence-electron chi connectivity index (χ2n) is 9.64. The fourth-order valence-electron chi connectivity index (χ4n) is 6.70. The second-order valence-corrected chi connectivity index (χ2v) is 9.64. The van der Waals surface area contributed by atoms with E-state index in [1.165, 1.54) is 33.3 Å². The molecule has 1 nitrogen and oxygen atoms in total. The third-order valence-electron chi connectivity index (χ3n) is 8.51. The first-order valence-electron chi connectivity index (χ1n) is 11.0. The Labute approximate surface area is 172 Å². The summed E-state index contributed by atoms with van der Waals surface area (Å²) in [5.74, 6) is 2.48. The molecule has 1 heteroatoms. The van der Waals surface area contributed by atoms with Gasteiger partial charge in [-0.15, -0.1) is 0 Å². The molecule has 2 aromatic rings. The second kappa shape index (κ2) is 5.08. The summed E-state index contributed by atoms with van der Waals surface area (Å²) in [4.78, 5) is 0. The van der Waals surface area contributed by atoms with E-state index >= 15 is 0 Å². The molecule has 2 bridgehead atoms. The number of pyridine rings is 1. The molecule has 2 fully saturated rings. The van der Waals surface area contributed by atoms with E-state index in [2.05, 4.69) is 97.5 Å². The van der Waals surface area contributed by atoms with Gasteiger partial charge < -0.3 is 0 Å². The molecule has 1 heterocycles. The molecule has 5 atom stereocenters. The van der Waals surface area contributed by atoms with Gasteiger partial charge in [0.2, 0.25) is 5.52 Å². The third kappa shape index (κ3) is 1.81. The van der Waals surface area contributed by atoms with Crippen LogP contribution in [0.1, 0.15) is 31.0 Å². The van der Waals surface area contributed by atoms with E-state index in [4.69, 9.17) is 0 Å². The number of nitrogens with zero attached hydrogens (tertiary/aromatic N) is 1. The summed E-state index contributed by atoms with van der Waals surface area (Å²) in [5.41, 5.74) is 7.25. The lowest BCUT2D eigenvalue weighted by molar-refractivity contribution is -0.654. The summed E-state index contributed by atoms with van der Waals surface area (Å²) >= 11 is 0. The average molecular weight is 377 g/mol. The van der Waals surface area contributed by atoms with Crippen molar-refractivity contribution in [2.75, 3.05) is 0 Å². The highest BCUT2D eigenvalue weighted by atomic mass is 15.0. The van der Waals surface area contributed by atoms with Gasteiger partial charge in [-0.3, -0.25) is 0 Å². The van der Waals surface area contributed by atoms with Gasteiger partial charge in [-0.2, -0.15) is 4.57 Å². The minimum absolute atomic E-state index is 0.108. The molecule has 1 aromatic heterocycles. The van der Waals surface area contributed by atoms with Gasteiger partial charge in [0.25, 0.3) is 0 Å². The molecule has 0 saturated heterocycles. The minimum atomic E-state index is -0.108. The van der Waals surface area contributed by atoms with Crippen molar-refractivity contribution in [1.82, 2.24) is 0 Å². The Morgan fingerprint density at radius 1 is 1.00 bits per heavy atom. The van der Waals surface area contributed by atoms with Crippen molar-refractivity contribution in [3.63, 3.8) is 0 Å². The first-order chi connectivity index (χ1) is 14.2. The average Bonchev–Trinajstić information content (AvgIpc) is 3.60. The van der Waals surface area contributed by atoms with Crippen LogP contribution >= 0.6 is 0 Å². The van der Waals surface area contributed by atoms with E-state index in [1.54, 1.807) is 0 Å². The van der Waals surface area contributed by atoms with Crippen molar-refractivity contribution in [2.45, 2.75) is 25.2 Å². The fraction of sp³-hybridized carbons (Fsp3) is 0.321. The zero-order valence-electron chi connectivity index (χ0n) is 17.1.